The lowest BCUT2D eigenvalue weighted by Gasteiger charge is -2.44. The summed E-state index contributed by atoms with van der Waals surface area (Å²) in [5.41, 5.74) is 1.11. The molecule has 7 heteroatoms. The summed E-state index contributed by atoms with van der Waals surface area (Å²) in [7, 11) is 3.67. The van der Waals surface area contributed by atoms with Crippen LogP contribution in [0.2, 0.25) is 0 Å². The average Bonchev–Trinajstić information content (AvgIpc) is 2.66. The highest BCUT2D eigenvalue weighted by Gasteiger charge is 2.46. The van der Waals surface area contributed by atoms with Crippen molar-refractivity contribution in [2.24, 2.45) is 0 Å². The summed E-state index contributed by atoms with van der Waals surface area (Å²) in [5.74, 6) is 0.310. The van der Waals surface area contributed by atoms with E-state index in [1.807, 2.05) is 31.3 Å². The molecule has 0 spiro atoms. The van der Waals surface area contributed by atoms with E-state index < -0.39 is 16.8 Å². The van der Waals surface area contributed by atoms with Crippen LogP contribution in [-0.4, -0.2) is 59.9 Å². The smallest absolute Gasteiger partial charge is 0.327 e. The molecule has 144 valence electrons. The number of hydrogen-bond donors (Lipinski definition) is 2. The Morgan fingerprint density at radius 3 is 2.42 bits per heavy atom. The number of ether oxygens (including phenoxy) is 1. The number of rotatable bonds is 8. The van der Waals surface area contributed by atoms with Crippen molar-refractivity contribution in [3.8, 4) is 5.75 Å². The summed E-state index contributed by atoms with van der Waals surface area (Å²) in [6.45, 7) is 3.38. The minimum Gasteiger partial charge on any atom is -0.497 e. The monoisotopic (exact) mass is 380 g/mol. The number of carboxylic acid groups (broad SMARTS) is 1. The van der Waals surface area contributed by atoms with Gasteiger partial charge in [0, 0.05) is 16.9 Å². The molecule has 1 unspecified atom stereocenters. The number of piperidine rings is 1. The predicted molar refractivity (Wildman–Crippen MR) is 104 cm³/mol. The van der Waals surface area contributed by atoms with E-state index in [0.29, 0.717) is 5.75 Å². The van der Waals surface area contributed by atoms with Gasteiger partial charge in [-0.15, -0.1) is 11.8 Å². The standard InChI is InChI=1S/C19H28N2O4S/c1-4-16(22)20-17(18(23)24)19(9-11-21(2)12-10-19)26-13-14-5-7-15(25-3)8-6-14/h5-8,17H,4,9-13H2,1-3H3,(H,20,22)(H,23,24). The fourth-order valence-electron chi connectivity index (χ4n) is 3.14. The third-order valence-corrected chi connectivity index (χ3v) is 6.61. The number of carbonyl (C=O) groups excluding carboxylic acids is 1. The fourth-order valence-corrected chi connectivity index (χ4v) is 4.59. The number of methoxy groups -OCH3 is 1. The summed E-state index contributed by atoms with van der Waals surface area (Å²) in [5, 5.41) is 12.6. The second-order valence-corrected chi connectivity index (χ2v) is 8.09. The van der Waals surface area contributed by atoms with Gasteiger partial charge in [-0.3, -0.25) is 4.79 Å². The lowest BCUT2D eigenvalue weighted by atomic mass is 9.88. The topological polar surface area (TPSA) is 78.9 Å². The van der Waals surface area contributed by atoms with E-state index in [9.17, 15) is 14.7 Å². The van der Waals surface area contributed by atoms with Crippen LogP contribution >= 0.6 is 11.8 Å². The first-order chi connectivity index (χ1) is 12.4. The van der Waals surface area contributed by atoms with Crippen LogP contribution in [0, 0.1) is 0 Å². The van der Waals surface area contributed by atoms with Crippen LogP contribution in [0.5, 0.6) is 5.75 Å². The van der Waals surface area contributed by atoms with Gasteiger partial charge < -0.3 is 20.1 Å². The van der Waals surface area contributed by atoms with Crippen LogP contribution in [0.1, 0.15) is 31.7 Å². The van der Waals surface area contributed by atoms with Gasteiger partial charge in [0.1, 0.15) is 11.8 Å². The molecular weight excluding hydrogens is 352 g/mol. The molecule has 2 N–H and O–H groups in total. The van der Waals surface area contributed by atoms with E-state index in [4.69, 9.17) is 4.74 Å². The van der Waals surface area contributed by atoms with Crippen molar-refractivity contribution in [2.45, 2.75) is 42.7 Å². The number of likely N-dealkylation sites (tertiary alicyclic amines) is 1. The van der Waals surface area contributed by atoms with Crippen molar-refractivity contribution in [2.75, 3.05) is 27.2 Å². The second kappa shape index (κ2) is 9.28. The van der Waals surface area contributed by atoms with Gasteiger partial charge in [0.05, 0.1) is 7.11 Å². The average molecular weight is 381 g/mol. The molecule has 0 saturated carbocycles. The number of nitrogens with zero attached hydrogens (tertiary/aromatic N) is 1. The van der Waals surface area contributed by atoms with Gasteiger partial charge in [0.15, 0.2) is 0 Å². The van der Waals surface area contributed by atoms with Crippen molar-refractivity contribution in [3.63, 3.8) is 0 Å². The highest BCUT2D eigenvalue weighted by atomic mass is 32.2. The molecule has 2 rings (SSSR count). The molecule has 1 aliphatic rings. The number of carboxylic acids is 1. The van der Waals surface area contributed by atoms with E-state index in [1.54, 1.807) is 25.8 Å². The van der Waals surface area contributed by atoms with Crippen molar-refractivity contribution in [3.05, 3.63) is 29.8 Å². The first kappa shape index (κ1) is 20.6. The van der Waals surface area contributed by atoms with Gasteiger partial charge in [0.25, 0.3) is 0 Å². The Balaban J connectivity index is 2.19. The second-order valence-electron chi connectivity index (χ2n) is 6.70. The highest BCUT2D eigenvalue weighted by Crippen LogP contribution is 2.41. The number of nitrogens with one attached hydrogen (secondary N) is 1. The van der Waals surface area contributed by atoms with E-state index in [1.165, 1.54) is 0 Å². The van der Waals surface area contributed by atoms with Crippen LogP contribution in [0.25, 0.3) is 0 Å². The normalized spacial score (nSPS) is 18.1. The van der Waals surface area contributed by atoms with Gasteiger partial charge in [-0.2, -0.15) is 0 Å². The van der Waals surface area contributed by atoms with E-state index in [0.717, 1.165) is 37.2 Å². The number of benzene rings is 1. The van der Waals surface area contributed by atoms with Gasteiger partial charge in [-0.25, -0.2) is 4.79 Å². The van der Waals surface area contributed by atoms with Crippen LogP contribution in [0.3, 0.4) is 0 Å². The molecular formula is C19H28N2O4S. The Bertz CT molecular complexity index is 612. The Kier molecular flexibility index (Phi) is 7.34. The third-order valence-electron chi connectivity index (χ3n) is 4.92. The molecule has 0 aliphatic carbocycles. The summed E-state index contributed by atoms with van der Waals surface area (Å²) < 4.78 is 4.67. The maximum Gasteiger partial charge on any atom is 0.327 e. The summed E-state index contributed by atoms with van der Waals surface area (Å²) in [6.07, 6.45) is 1.74. The molecule has 1 amide bonds. The lowest BCUT2D eigenvalue weighted by molar-refractivity contribution is -0.143. The molecule has 6 nitrogen and oxygen atoms in total. The Morgan fingerprint density at radius 2 is 1.92 bits per heavy atom. The predicted octanol–water partition coefficient (Wildman–Crippen LogP) is 2.37. The number of carbonyl (C=O) groups is 2. The van der Waals surface area contributed by atoms with Crippen molar-refractivity contribution < 1.29 is 19.4 Å². The quantitative estimate of drug-likeness (QED) is 0.721. The summed E-state index contributed by atoms with van der Waals surface area (Å²) >= 11 is 1.64. The molecule has 26 heavy (non-hydrogen) atoms. The molecule has 1 aromatic carbocycles. The van der Waals surface area contributed by atoms with Gasteiger partial charge in [-0.1, -0.05) is 19.1 Å². The SMILES string of the molecule is CCC(=O)NC(C(=O)O)C1(SCc2ccc(OC)cc2)CCN(C)CC1. The Labute approximate surface area is 159 Å². The minimum absolute atomic E-state index is 0.222. The third kappa shape index (κ3) is 5.14. The number of aliphatic carboxylic acids is 1. The van der Waals surface area contributed by atoms with Crippen molar-refractivity contribution >= 4 is 23.6 Å². The molecule has 1 heterocycles. The van der Waals surface area contributed by atoms with Crippen LogP contribution in [-0.2, 0) is 15.3 Å². The van der Waals surface area contributed by atoms with E-state index in [2.05, 4.69) is 10.2 Å². The molecule has 1 saturated heterocycles. The van der Waals surface area contributed by atoms with Crippen LogP contribution < -0.4 is 10.1 Å². The molecule has 1 fully saturated rings. The van der Waals surface area contributed by atoms with Gasteiger partial charge >= 0.3 is 5.97 Å². The highest BCUT2D eigenvalue weighted by molar-refractivity contribution is 8.00. The zero-order valence-corrected chi connectivity index (χ0v) is 16.5. The fraction of sp³-hybridized carbons (Fsp3) is 0.579. The minimum atomic E-state index is -0.960. The summed E-state index contributed by atoms with van der Waals surface area (Å²) in [6, 6.07) is 6.92. The van der Waals surface area contributed by atoms with Crippen molar-refractivity contribution in [1.29, 1.82) is 0 Å². The van der Waals surface area contributed by atoms with Gasteiger partial charge in [-0.05, 0) is 50.7 Å². The summed E-state index contributed by atoms with van der Waals surface area (Å²) in [4.78, 5) is 26.1. The zero-order chi connectivity index (χ0) is 19.2. The molecule has 0 aromatic heterocycles. The van der Waals surface area contributed by atoms with E-state index in [-0.39, 0.29) is 12.3 Å². The Hall–Kier alpha value is -1.73. The number of hydrogen-bond acceptors (Lipinski definition) is 5. The largest absolute Gasteiger partial charge is 0.497 e. The maximum atomic E-state index is 12.0. The first-order valence-electron chi connectivity index (χ1n) is 8.88. The lowest BCUT2D eigenvalue weighted by Crippen LogP contribution is -2.59. The first-order valence-corrected chi connectivity index (χ1v) is 9.86. The molecule has 0 radical (unpaired) electrons. The van der Waals surface area contributed by atoms with Crippen LogP contribution in [0.15, 0.2) is 24.3 Å². The van der Waals surface area contributed by atoms with Crippen molar-refractivity contribution in [1.82, 2.24) is 10.2 Å². The van der Waals surface area contributed by atoms with E-state index >= 15 is 0 Å². The maximum absolute atomic E-state index is 12.0. The Morgan fingerprint density at radius 1 is 1.31 bits per heavy atom. The number of amides is 1. The van der Waals surface area contributed by atoms with Crippen LogP contribution in [0.4, 0.5) is 0 Å². The molecule has 1 atom stereocenters. The molecule has 1 aromatic rings. The molecule has 1 aliphatic heterocycles. The van der Waals surface area contributed by atoms with Gasteiger partial charge in [0.2, 0.25) is 5.91 Å². The molecule has 0 bridgehead atoms. The zero-order valence-electron chi connectivity index (χ0n) is 15.7. The number of thioether (sulfide) groups is 1.